The van der Waals surface area contributed by atoms with Gasteiger partial charge < -0.3 is 10.1 Å². The van der Waals surface area contributed by atoms with Gasteiger partial charge in [-0.3, -0.25) is 4.98 Å². The maximum absolute atomic E-state index is 5.58. The Kier molecular flexibility index (Phi) is 5.39. The molecule has 2 aromatic heterocycles. The van der Waals surface area contributed by atoms with Crippen molar-refractivity contribution in [3.05, 3.63) is 72.2 Å². The molecule has 27 heavy (non-hydrogen) atoms. The molecule has 0 aliphatic carbocycles. The van der Waals surface area contributed by atoms with Gasteiger partial charge in [0.05, 0.1) is 6.04 Å². The molecular weight excluding hydrogens is 336 g/mol. The van der Waals surface area contributed by atoms with Gasteiger partial charge in [-0.15, -0.1) is 0 Å². The summed E-state index contributed by atoms with van der Waals surface area (Å²) in [7, 11) is 0. The Morgan fingerprint density at radius 1 is 1.15 bits per heavy atom. The van der Waals surface area contributed by atoms with E-state index in [1.807, 2.05) is 25.1 Å². The van der Waals surface area contributed by atoms with E-state index in [-0.39, 0.29) is 6.04 Å². The van der Waals surface area contributed by atoms with Crippen molar-refractivity contribution in [2.75, 3.05) is 18.5 Å². The topological polar surface area (TPSA) is 59.9 Å². The highest BCUT2D eigenvalue weighted by molar-refractivity contribution is 5.56. The summed E-state index contributed by atoms with van der Waals surface area (Å²) in [5.74, 6) is 2.11. The van der Waals surface area contributed by atoms with Crippen LogP contribution in [0, 0.1) is 12.8 Å². The van der Waals surface area contributed by atoms with Gasteiger partial charge in [-0.25, -0.2) is 9.97 Å². The second-order valence-corrected chi connectivity index (χ2v) is 7.03. The highest BCUT2D eigenvalue weighted by Gasteiger charge is 2.22. The Balaban J connectivity index is 1.61. The first-order valence-electron chi connectivity index (χ1n) is 9.43. The molecule has 1 aliphatic rings. The van der Waals surface area contributed by atoms with Crippen LogP contribution in [-0.4, -0.2) is 28.2 Å². The summed E-state index contributed by atoms with van der Waals surface area (Å²) in [4.78, 5) is 13.5. The number of ether oxygens (including phenoxy) is 1. The highest BCUT2D eigenvalue weighted by Crippen LogP contribution is 2.30. The van der Waals surface area contributed by atoms with E-state index in [1.165, 1.54) is 5.56 Å². The maximum atomic E-state index is 5.58. The van der Waals surface area contributed by atoms with Crippen molar-refractivity contribution in [2.24, 2.45) is 5.92 Å². The smallest absolute Gasteiger partial charge is 0.163 e. The number of hydrogen-bond acceptors (Lipinski definition) is 5. The minimum Gasteiger partial charge on any atom is -0.381 e. The van der Waals surface area contributed by atoms with Gasteiger partial charge in [0, 0.05) is 42.9 Å². The molecule has 3 heterocycles. The van der Waals surface area contributed by atoms with Gasteiger partial charge in [0.1, 0.15) is 5.82 Å². The lowest BCUT2D eigenvalue weighted by Crippen LogP contribution is -2.17. The van der Waals surface area contributed by atoms with Crippen LogP contribution in [0.15, 0.2) is 60.9 Å². The van der Waals surface area contributed by atoms with Crippen LogP contribution in [0.3, 0.4) is 0 Å². The van der Waals surface area contributed by atoms with E-state index in [1.54, 1.807) is 12.4 Å². The molecular formula is C22H24N4O. The van der Waals surface area contributed by atoms with E-state index in [0.717, 1.165) is 43.1 Å². The predicted octanol–water partition coefficient (Wildman–Crippen LogP) is 4.43. The highest BCUT2D eigenvalue weighted by atomic mass is 16.5. The molecule has 1 aliphatic heterocycles. The van der Waals surface area contributed by atoms with Crippen LogP contribution in [-0.2, 0) is 4.74 Å². The number of rotatable bonds is 6. The summed E-state index contributed by atoms with van der Waals surface area (Å²) < 4.78 is 5.58. The van der Waals surface area contributed by atoms with E-state index < -0.39 is 0 Å². The number of aromatic nitrogens is 3. The lowest BCUT2D eigenvalue weighted by molar-refractivity contribution is 0.183. The number of aryl methyl sites for hydroxylation is 1. The van der Waals surface area contributed by atoms with Crippen LogP contribution < -0.4 is 5.32 Å². The van der Waals surface area contributed by atoms with Gasteiger partial charge in [-0.1, -0.05) is 30.3 Å². The molecule has 1 aromatic carbocycles. The molecule has 0 amide bonds. The third-order valence-electron chi connectivity index (χ3n) is 4.89. The number of anilines is 1. The van der Waals surface area contributed by atoms with Crippen LogP contribution in [0.25, 0.3) is 11.4 Å². The fourth-order valence-corrected chi connectivity index (χ4v) is 3.51. The van der Waals surface area contributed by atoms with Crippen LogP contribution in [0.1, 0.15) is 30.1 Å². The first kappa shape index (κ1) is 17.6. The van der Waals surface area contributed by atoms with Crippen molar-refractivity contribution < 1.29 is 4.74 Å². The van der Waals surface area contributed by atoms with Crippen LogP contribution in [0.4, 0.5) is 5.82 Å². The van der Waals surface area contributed by atoms with E-state index in [9.17, 15) is 0 Å². The lowest BCUT2D eigenvalue weighted by Gasteiger charge is -2.23. The Bertz CT molecular complexity index is 864. The van der Waals surface area contributed by atoms with Crippen LogP contribution in [0.2, 0.25) is 0 Å². The third-order valence-corrected chi connectivity index (χ3v) is 4.89. The third kappa shape index (κ3) is 4.49. The minimum atomic E-state index is 0.189. The zero-order chi connectivity index (χ0) is 18.5. The maximum Gasteiger partial charge on any atom is 0.163 e. The molecule has 138 valence electrons. The molecule has 3 aromatic rings. The number of hydrogen-bond donors (Lipinski definition) is 1. The molecule has 0 saturated carbocycles. The second kappa shape index (κ2) is 8.27. The zero-order valence-electron chi connectivity index (χ0n) is 15.5. The summed E-state index contributed by atoms with van der Waals surface area (Å²) in [6.45, 7) is 3.70. The first-order valence-corrected chi connectivity index (χ1v) is 9.43. The van der Waals surface area contributed by atoms with Gasteiger partial charge in [0.25, 0.3) is 0 Å². The SMILES string of the molecule is Cc1cc(NC(CC2CCOC2)c2ccccc2)nc(-c2cccnc2)n1. The number of pyridine rings is 1. The van der Waals surface area contributed by atoms with Crippen molar-refractivity contribution in [3.8, 4) is 11.4 Å². The Labute approximate surface area is 159 Å². The van der Waals surface area contributed by atoms with Crippen LogP contribution >= 0.6 is 0 Å². The average molecular weight is 360 g/mol. The van der Waals surface area contributed by atoms with E-state index in [0.29, 0.717) is 11.7 Å². The molecule has 4 rings (SSSR count). The van der Waals surface area contributed by atoms with E-state index in [2.05, 4.69) is 45.6 Å². The van der Waals surface area contributed by atoms with Gasteiger partial charge >= 0.3 is 0 Å². The molecule has 0 bridgehead atoms. The van der Waals surface area contributed by atoms with Crippen molar-refractivity contribution in [2.45, 2.75) is 25.8 Å². The fraction of sp³-hybridized carbons (Fsp3) is 0.318. The molecule has 1 fully saturated rings. The second-order valence-electron chi connectivity index (χ2n) is 7.03. The Morgan fingerprint density at radius 2 is 2.04 bits per heavy atom. The molecule has 2 atom stereocenters. The summed E-state index contributed by atoms with van der Waals surface area (Å²) in [6, 6.07) is 16.6. The monoisotopic (exact) mass is 360 g/mol. The van der Waals surface area contributed by atoms with Crippen LogP contribution in [0.5, 0.6) is 0 Å². The van der Waals surface area contributed by atoms with E-state index >= 15 is 0 Å². The summed E-state index contributed by atoms with van der Waals surface area (Å²) >= 11 is 0. The van der Waals surface area contributed by atoms with Gasteiger partial charge in [0.2, 0.25) is 0 Å². The Morgan fingerprint density at radius 3 is 2.78 bits per heavy atom. The first-order chi connectivity index (χ1) is 13.3. The molecule has 5 heteroatoms. The molecule has 2 unspecified atom stereocenters. The van der Waals surface area contributed by atoms with Crippen molar-refractivity contribution in [1.29, 1.82) is 0 Å². The van der Waals surface area contributed by atoms with E-state index in [4.69, 9.17) is 9.72 Å². The normalized spacial score (nSPS) is 17.6. The van der Waals surface area contributed by atoms with Crippen molar-refractivity contribution in [1.82, 2.24) is 15.0 Å². The fourth-order valence-electron chi connectivity index (χ4n) is 3.51. The summed E-state index contributed by atoms with van der Waals surface area (Å²) in [5, 5.41) is 3.65. The molecule has 1 saturated heterocycles. The standard InChI is InChI=1S/C22H24N4O/c1-16-12-21(26-22(24-16)19-8-5-10-23-14-19)25-20(13-17-9-11-27-15-17)18-6-3-2-4-7-18/h2-8,10,12,14,17,20H,9,11,13,15H2,1H3,(H,24,25,26). The minimum absolute atomic E-state index is 0.189. The predicted molar refractivity (Wildman–Crippen MR) is 106 cm³/mol. The number of benzene rings is 1. The molecule has 0 spiro atoms. The zero-order valence-corrected chi connectivity index (χ0v) is 15.5. The number of nitrogens with one attached hydrogen (secondary N) is 1. The average Bonchev–Trinajstić information content (AvgIpc) is 3.22. The molecule has 0 radical (unpaired) electrons. The largest absolute Gasteiger partial charge is 0.381 e. The lowest BCUT2D eigenvalue weighted by atomic mass is 9.94. The Hall–Kier alpha value is -2.79. The quantitative estimate of drug-likeness (QED) is 0.705. The molecule has 1 N–H and O–H groups in total. The van der Waals surface area contributed by atoms with Crippen molar-refractivity contribution in [3.63, 3.8) is 0 Å². The summed E-state index contributed by atoms with van der Waals surface area (Å²) in [6.07, 6.45) is 5.70. The van der Waals surface area contributed by atoms with Gasteiger partial charge in [-0.05, 0) is 43.4 Å². The number of nitrogens with zero attached hydrogens (tertiary/aromatic N) is 3. The van der Waals surface area contributed by atoms with Crippen molar-refractivity contribution >= 4 is 5.82 Å². The van der Waals surface area contributed by atoms with Gasteiger partial charge in [-0.2, -0.15) is 0 Å². The van der Waals surface area contributed by atoms with Gasteiger partial charge in [0.15, 0.2) is 5.82 Å². The summed E-state index contributed by atoms with van der Waals surface area (Å²) in [5.41, 5.74) is 3.12. The molecule has 5 nitrogen and oxygen atoms in total.